The van der Waals surface area contributed by atoms with Gasteiger partial charge in [0.15, 0.2) is 0 Å². The monoisotopic (exact) mass is 362 g/mol. The van der Waals surface area contributed by atoms with Crippen molar-refractivity contribution in [3.8, 4) is 0 Å². The molecule has 1 aliphatic heterocycles. The third-order valence-corrected chi connectivity index (χ3v) is 4.69. The Morgan fingerprint density at radius 2 is 1.85 bits per heavy atom. The number of anilines is 1. The maximum atomic E-state index is 13.7. The number of amides is 1. The third kappa shape index (κ3) is 3.79. The van der Waals surface area contributed by atoms with Crippen LogP contribution in [0.5, 0.6) is 0 Å². The molecule has 4 rings (SSSR count). The average Bonchev–Trinajstić information content (AvgIpc) is 2.72. The topological polar surface area (TPSA) is 58.1 Å². The van der Waals surface area contributed by atoms with Crippen molar-refractivity contribution in [2.75, 3.05) is 11.4 Å². The van der Waals surface area contributed by atoms with Gasteiger partial charge in [0.2, 0.25) is 5.95 Å². The number of rotatable bonds is 4. The first kappa shape index (κ1) is 17.1. The van der Waals surface area contributed by atoms with Crippen molar-refractivity contribution >= 4 is 11.9 Å². The first-order chi connectivity index (χ1) is 13.2. The van der Waals surface area contributed by atoms with Crippen LogP contribution >= 0.6 is 0 Å². The zero-order chi connectivity index (χ0) is 18.6. The van der Waals surface area contributed by atoms with Gasteiger partial charge in [-0.25, -0.2) is 14.4 Å². The molecule has 136 valence electrons. The van der Waals surface area contributed by atoms with Crippen LogP contribution in [0.1, 0.15) is 27.2 Å². The van der Waals surface area contributed by atoms with E-state index in [0.29, 0.717) is 11.5 Å². The van der Waals surface area contributed by atoms with E-state index in [0.717, 1.165) is 19.5 Å². The molecule has 2 aromatic carbocycles. The van der Waals surface area contributed by atoms with Gasteiger partial charge in [0.1, 0.15) is 11.5 Å². The Morgan fingerprint density at radius 3 is 2.70 bits per heavy atom. The molecule has 0 saturated heterocycles. The van der Waals surface area contributed by atoms with E-state index in [1.165, 1.54) is 17.2 Å². The van der Waals surface area contributed by atoms with Crippen molar-refractivity contribution in [1.29, 1.82) is 0 Å². The Morgan fingerprint density at radius 1 is 1.07 bits per heavy atom. The molecule has 1 aromatic heterocycles. The lowest BCUT2D eigenvalue weighted by molar-refractivity contribution is 0.0945. The van der Waals surface area contributed by atoms with E-state index in [1.807, 2.05) is 12.1 Å². The Kier molecular flexibility index (Phi) is 4.78. The van der Waals surface area contributed by atoms with Gasteiger partial charge in [-0.3, -0.25) is 4.79 Å². The molecule has 0 fully saturated rings. The van der Waals surface area contributed by atoms with Crippen LogP contribution < -0.4 is 10.2 Å². The zero-order valence-electron chi connectivity index (χ0n) is 14.7. The van der Waals surface area contributed by atoms with E-state index in [-0.39, 0.29) is 24.0 Å². The van der Waals surface area contributed by atoms with Crippen LogP contribution in [-0.2, 0) is 19.5 Å². The van der Waals surface area contributed by atoms with Crippen molar-refractivity contribution in [3.05, 3.63) is 89.0 Å². The molecule has 3 aromatic rings. The van der Waals surface area contributed by atoms with Crippen molar-refractivity contribution in [1.82, 2.24) is 15.3 Å². The second-order valence-electron chi connectivity index (χ2n) is 6.46. The van der Waals surface area contributed by atoms with E-state index in [2.05, 4.69) is 32.3 Å². The number of nitrogens with zero attached hydrogens (tertiary/aromatic N) is 3. The van der Waals surface area contributed by atoms with Crippen LogP contribution in [-0.4, -0.2) is 22.4 Å². The minimum absolute atomic E-state index is 0.113. The van der Waals surface area contributed by atoms with Gasteiger partial charge in [0.05, 0.1) is 0 Å². The Labute approximate surface area is 156 Å². The molecule has 0 saturated carbocycles. The Balaban J connectivity index is 1.46. The molecular weight excluding hydrogens is 343 g/mol. The Bertz CT molecular complexity index is 976. The number of fused-ring (bicyclic) bond motifs is 1. The molecule has 0 atom stereocenters. The van der Waals surface area contributed by atoms with Crippen molar-refractivity contribution in [2.45, 2.75) is 19.5 Å². The SMILES string of the molecule is O=C(NCc1ccccc1F)c1ccnc(N2CCc3ccccc3C2)n1. The van der Waals surface area contributed by atoms with E-state index >= 15 is 0 Å². The van der Waals surface area contributed by atoms with Gasteiger partial charge in [0, 0.05) is 31.4 Å². The maximum Gasteiger partial charge on any atom is 0.270 e. The molecule has 1 aliphatic rings. The molecule has 0 radical (unpaired) electrons. The lowest BCUT2D eigenvalue weighted by atomic mass is 10.0. The third-order valence-electron chi connectivity index (χ3n) is 4.69. The normalized spacial score (nSPS) is 13.1. The first-order valence-electron chi connectivity index (χ1n) is 8.87. The highest BCUT2D eigenvalue weighted by atomic mass is 19.1. The molecule has 6 heteroatoms. The van der Waals surface area contributed by atoms with E-state index in [9.17, 15) is 9.18 Å². The fourth-order valence-corrected chi connectivity index (χ4v) is 3.20. The summed E-state index contributed by atoms with van der Waals surface area (Å²) in [6, 6.07) is 16.3. The van der Waals surface area contributed by atoms with Gasteiger partial charge < -0.3 is 10.2 Å². The summed E-state index contributed by atoms with van der Waals surface area (Å²) in [7, 11) is 0. The Hall–Kier alpha value is -3.28. The molecule has 0 spiro atoms. The molecule has 2 heterocycles. The highest BCUT2D eigenvalue weighted by Gasteiger charge is 2.19. The summed E-state index contributed by atoms with van der Waals surface area (Å²) in [4.78, 5) is 23.2. The second kappa shape index (κ2) is 7.53. The van der Waals surface area contributed by atoms with Crippen LogP contribution in [0.15, 0.2) is 60.8 Å². The smallest absolute Gasteiger partial charge is 0.270 e. The number of aromatic nitrogens is 2. The van der Waals surface area contributed by atoms with Crippen molar-refractivity contribution in [2.24, 2.45) is 0 Å². The molecule has 1 N–H and O–H groups in total. The molecule has 5 nitrogen and oxygen atoms in total. The number of nitrogens with one attached hydrogen (secondary N) is 1. The number of benzene rings is 2. The van der Waals surface area contributed by atoms with Crippen LogP contribution in [0.4, 0.5) is 10.3 Å². The van der Waals surface area contributed by atoms with Gasteiger partial charge >= 0.3 is 0 Å². The molecule has 1 amide bonds. The quantitative estimate of drug-likeness (QED) is 0.775. The first-order valence-corrected chi connectivity index (χ1v) is 8.87. The van der Waals surface area contributed by atoms with E-state index in [4.69, 9.17) is 0 Å². The number of hydrogen-bond donors (Lipinski definition) is 1. The van der Waals surface area contributed by atoms with Crippen molar-refractivity contribution in [3.63, 3.8) is 0 Å². The number of halogens is 1. The summed E-state index contributed by atoms with van der Waals surface area (Å²) >= 11 is 0. The number of hydrogen-bond acceptors (Lipinski definition) is 4. The summed E-state index contributed by atoms with van der Waals surface area (Å²) in [5.41, 5.74) is 3.30. The highest BCUT2D eigenvalue weighted by Crippen LogP contribution is 2.21. The van der Waals surface area contributed by atoms with E-state index < -0.39 is 0 Å². The van der Waals surface area contributed by atoms with Gasteiger partial charge in [-0.05, 0) is 29.7 Å². The number of carbonyl (C=O) groups is 1. The predicted molar refractivity (Wildman–Crippen MR) is 101 cm³/mol. The van der Waals surface area contributed by atoms with Crippen molar-refractivity contribution < 1.29 is 9.18 Å². The summed E-state index contributed by atoms with van der Waals surface area (Å²) in [5, 5.41) is 2.71. The summed E-state index contributed by atoms with van der Waals surface area (Å²) in [6.07, 6.45) is 2.50. The van der Waals surface area contributed by atoms with Crippen LogP contribution in [0.2, 0.25) is 0 Å². The second-order valence-corrected chi connectivity index (χ2v) is 6.46. The van der Waals surface area contributed by atoms with Gasteiger partial charge in [-0.1, -0.05) is 42.5 Å². The standard InChI is InChI=1S/C21H19FN4O/c22-18-8-4-3-6-16(18)13-24-20(27)19-9-11-23-21(25-19)26-12-10-15-5-1-2-7-17(15)14-26/h1-9,11H,10,12-14H2,(H,24,27). The maximum absolute atomic E-state index is 13.7. The zero-order valence-corrected chi connectivity index (χ0v) is 14.7. The van der Waals surface area contributed by atoms with E-state index in [1.54, 1.807) is 30.5 Å². The summed E-state index contributed by atoms with van der Waals surface area (Å²) < 4.78 is 13.7. The predicted octanol–water partition coefficient (Wildman–Crippen LogP) is 3.11. The van der Waals surface area contributed by atoms with Crippen LogP contribution in [0.25, 0.3) is 0 Å². The average molecular weight is 362 g/mol. The molecular formula is C21H19FN4O. The lowest BCUT2D eigenvalue weighted by Crippen LogP contribution is -2.32. The lowest BCUT2D eigenvalue weighted by Gasteiger charge is -2.28. The number of carbonyl (C=O) groups excluding carboxylic acids is 1. The highest BCUT2D eigenvalue weighted by molar-refractivity contribution is 5.92. The minimum Gasteiger partial charge on any atom is -0.347 e. The molecule has 27 heavy (non-hydrogen) atoms. The fourth-order valence-electron chi connectivity index (χ4n) is 3.20. The largest absolute Gasteiger partial charge is 0.347 e. The minimum atomic E-state index is -0.348. The fraction of sp³-hybridized carbons (Fsp3) is 0.190. The van der Waals surface area contributed by atoms with Crippen LogP contribution in [0.3, 0.4) is 0 Å². The molecule has 0 bridgehead atoms. The van der Waals surface area contributed by atoms with Gasteiger partial charge in [0.25, 0.3) is 5.91 Å². The van der Waals surface area contributed by atoms with Crippen LogP contribution in [0, 0.1) is 5.82 Å². The summed E-state index contributed by atoms with van der Waals surface area (Å²) in [6.45, 7) is 1.63. The molecule has 0 unspecified atom stereocenters. The van der Waals surface area contributed by atoms with Gasteiger partial charge in [-0.15, -0.1) is 0 Å². The molecule has 0 aliphatic carbocycles. The van der Waals surface area contributed by atoms with Gasteiger partial charge in [-0.2, -0.15) is 0 Å². The summed E-state index contributed by atoms with van der Waals surface area (Å²) in [5.74, 6) is -0.157.